The summed E-state index contributed by atoms with van der Waals surface area (Å²) in [6.07, 6.45) is 0. The first kappa shape index (κ1) is 18.3. The van der Waals surface area contributed by atoms with Crippen LogP contribution >= 0.6 is 15.9 Å². The average Bonchev–Trinajstić information content (AvgIpc) is 2.58. The van der Waals surface area contributed by atoms with Gasteiger partial charge in [-0.05, 0) is 24.5 Å². The molecule has 1 aromatic carbocycles. The van der Waals surface area contributed by atoms with Crippen LogP contribution in [0.1, 0.15) is 36.6 Å². The lowest BCUT2D eigenvalue weighted by Crippen LogP contribution is -2.33. The first-order valence-corrected chi connectivity index (χ1v) is 9.20. The van der Waals surface area contributed by atoms with Crippen LogP contribution in [0.25, 0.3) is 0 Å². The van der Waals surface area contributed by atoms with E-state index in [9.17, 15) is 10.1 Å². The molecule has 2 aromatic rings. The minimum Gasteiger partial charge on any atom is -0.440 e. The maximum Gasteiger partial charge on any atom is 0.258 e. The molecular formula is C20H20BrN3O2. The molecule has 1 aliphatic rings. The summed E-state index contributed by atoms with van der Waals surface area (Å²) in [4.78, 5) is 13.3. The van der Waals surface area contributed by atoms with Gasteiger partial charge in [0.1, 0.15) is 17.4 Å². The van der Waals surface area contributed by atoms with Crippen LogP contribution in [0.5, 0.6) is 5.75 Å². The Balaban J connectivity index is 2.34. The molecule has 5 nitrogen and oxygen atoms in total. The summed E-state index contributed by atoms with van der Waals surface area (Å²) in [6, 6.07) is 11.5. The minimum atomic E-state index is -0.564. The number of aryl methyl sites for hydroxylation is 1. The third kappa shape index (κ3) is 3.04. The number of nitriles is 1. The zero-order valence-electron chi connectivity index (χ0n) is 14.9. The van der Waals surface area contributed by atoms with Crippen LogP contribution < -0.4 is 16.0 Å². The quantitative estimate of drug-likeness (QED) is 0.829. The van der Waals surface area contributed by atoms with E-state index in [-0.39, 0.29) is 17.0 Å². The zero-order valence-corrected chi connectivity index (χ0v) is 16.5. The Morgan fingerprint density at radius 1 is 1.38 bits per heavy atom. The van der Waals surface area contributed by atoms with E-state index < -0.39 is 5.92 Å². The number of rotatable bonds is 3. The lowest BCUT2D eigenvalue weighted by atomic mass is 9.84. The van der Waals surface area contributed by atoms with Crippen LogP contribution in [0.2, 0.25) is 0 Å². The predicted octanol–water partition coefficient (Wildman–Crippen LogP) is 3.79. The summed E-state index contributed by atoms with van der Waals surface area (Å²) in [5, 5.41) is 9.68. The molecule has 1 atom stereocenters. The standard InChI is InChI=1S/C20H20BrN3O2/c1-11(2)10-24-12(3)8-16-18(20(24)25)17(14(9-22)19(23)26-16)13-6-4-5-7-15(13)21/h4-8,11,17H,10,23H2,1-3H3/t17-/m0/s1. The van der Waals surface area contributed by atoms with Crippen molar-refractivity contribution in [1.82, 2.24) is 4.57 Å². The van der Waals surface area contributed by atoms with Crippen molar-refractivity contribution in [2.75, 3.05) is 0 Å². The highest BCUT2D eigenvalue weighted by atomic mass is 79.9. The Bertz CT molecular complexity index is 999. The molecule has 26 heavy (non-hydrogen) atoms. The molecule has 0 aliphatic carbocycles. The second kappa shape index (κ2) is 7.00. The third-order valence-corrected chi connectivity index (χ3v) is 5.18. The normalized spacial score (nSPS) is 16.2. The Morgan fingerprint density at radius 3 is 2.69 bits per heavy atom. The van der Waals surface area contributed by atoms with Gasteiger partial charge in [-0.15, -0.1) is 0 Å². The lowest BCUT2D eigenvalue weighted by Gasteiger charge is -2.28. The van der Waals surface area contributed by atoms with E-state index in [1.54, 1.807) is 4.57 Å². The van der Waals surface area contributed by atoms with Gasteiger partial charge in [-0.1, -0.05) is 48.0 Å². The van der Waals surface area contributed by atoms with Crippen molar-refractivity contribution in [1.29, 1.82) is 5.26 Å². The van der Waals surface area contributed by atoms with Crippen molar-refractivity contribution >= 4 is 15.9 Å². The number of pyridine rings is 1. The number of nitrogens with zero attached hydrogens (tertiary/aromatic N) is 2. The molecule has 0 amide bonds. The highest BCUT2D eigenvalue weighted by Crippen LogP contribution is 2.42. The third-order valence-electron chi connectivity index (χ3n) is 4.45. The number of aromatic nitrogens is 1. The molecule has 0 unspecified atom stereocenters. The van der Waals surface area contributed by atoms with E-state index in [1.807, 2.05) is 37.3 Å². The van der Waals surface area contributed by atoms with Crippen molar-refractivity contribution in [3.05, 3.63) is 73.4 Å². The molecule has 0 saturated heterocycles. The number of ether oxygens (including phenoxy) is 1. The first-order chi connectivity index (χ1) is 12.3. The molecule has 2 N–H and O–H groups in total. The Hall–Kier alpha value is -2.52. The van der Waals surface area contributed by atoms with Crippen molar-refractivity contribution < 1.29 is 4.74 Å². The van der Waals surface area contributed by atoms with Crippen LogP contribution in [0.15, 0.2) is 51.1 Å². The van der Waals surface area contributed by atoms with E-state index in [0.717, 1.165) is 15.7 Å². The summed E-state index contributed by atoms with van der Waals surface area (Å²) < 4.78 is 8.21. The number of halogens is 1. The van der Waals surface area contributed by atoms with Gasteiger partial charge in [0.05, 0.1) is 11.5 Å². The monoisotopic (exact) mass is 413 g/mol. The molecule has 1 aromatic heterocycles. The topological polar surface area (TPSA) is 81.0 Å². The summed E-state index contributed by atoms with van der Waals surface area (Å²) in [7, 11) is 0. The van der Waals surface area contributed by atoms with E-state index in [0.29, 0.717) is 23.8 Å². The van der Waals surface area contributed by atoms with Crippen LogP contribution in [-0.2, 0) is 6.54 Å². The molecule has 0 spiro atoms. The molecule has 0 radical (unpaired) electrons. The highest BCUT2D eigenvalue weighted by Gasteiger charge is 2.35. The van der Waals surface area contributed by atoms with Crippen LogP contribution in [0, 0.1) is 24.2 Å². The van der Waals surface area contributed by atoms with Gasteiger partial charge in [0, 0.05) is 22.8 Å². The molecular weight excluding hydrogens is 394 g/mol. The molecule has 0 saturated carbocycles. The second-order valence-electron chi connectivity index (χ2n) is 6.82. The lowest BCUT2D eigenvalue weighted by molar-refractivity contribution is 0.385. The smallest absolute Gasteiger partial charge is 0.258 e. The van der Waals surface area contributed by atoms with Crippen molar-refractivity contribution in [2.24, 2.45) is 11.7 Å². The largest absolute Gasteiger partial charge is 0.440 e. The van der Waals surface area contributed by atoms with Gasteiger partial charge in [-0.25, -0.2) is 0 Å². The zero-order chi connectivity index (χ0) is 19.0. The summed E-state index contributed by atoms with van der Waals surface area (Å²) in [5.74, 6) is 0.212. The molecule has 0 bridgehead atoms. The van der Waals surface area contributed by atoms with Gasteiger partial charge in [-0.2, -0.15) is 5.26 Å². The Labute approximate surface area is 160 Å². The number of nitrogens with two attached hydrogens (primary N) is 1. The molecule has 0 fully saturated rings. The summed E-state index contributed by atoms with van der Waals surface area (Å²) >= 11 is 3.54. The number of allylic oxidation sites excluding steroid dienone is 1. The minimum absolute atomic E-state index is 0.0427. The number of hydrogen-bond acceptors (Lipinski definition) is 4. The molecule has 6 heteroatoms. The maximum atomic E-state index is 13.3. The number of fused-ring (bicyclic) bond motifs is 1. The second-order valence-corrected chi connectivity index (χ2v) is 7.67. The Kier molecular flexibility index (Phi) is 4.92. The van der Waals surface area contributed by atoms with E-state index in [2.05, 4.69) is 35.8 Å². The Morgan fingerprint density at radius 2 is 2.08 bits per heavy atom. The van der Waals surface area contributed by atoms with E-state index in [1.165, 1.54) is 0 Å². The molecule has 2 heterocycles. The molecule has 134 valence electrons. The fraction of sp³-hybridized carbons (Fsp3) is 0.300. The fourth-order valence-corrected chi connectivity index (χ4v) is 3.81. The van der Waals surface area contributed by atoms with Crippen LogP contribution in [0.4, 0.5) is 0 Å². The summed E-state index contributed by atoms with van der Waals surface area (Å²) in [6.45, 7) is 6.60. The SMILES string of the molecule is Cc1cc2c(c(=O)n1CC(C)C)[C@@H](c1ccccc1Br)C(C#N)=C(N)O2. The average molecular weight is 414 g/mol. The van der Waals surface area contributed by atoms with Gasteiger partial charge in [0.25, 0.3) is 5.56 Å². The molecule has 1 aliphatic heterocycles. The van der Waals surface area contributed by atoms with E-state index >= 15 is 0 Å². The van der Waals surface area contributed by atoms with Gasteiger partial charge in [0.15, 0.2) is 0 Å². The van der Waals surface area contributed by atoms with E-state index in [4.69, 9.17) is 10.5 Å². The van der Waals surface area contributed by atoms with Crippen LogP contribution in [-0.4, -0.2) is 4.57 Å². The summed E-state index contributed by atoms with van der Waals surface area (Å²) in [5.41, 5.74) is 8.19. The maximum absolute atomic E-state index is 13.3. The van der Waals surface area contributed by atoms with Gasteiger partial charge in [-0.3, -0.25) is 4.79 Å². The highest BCUT2D eigenvalue weighted by molar-refractivity contribution is 9.10. The van der Waals surface area contributed by atoms with Crippen LogP contribution in [0.3, 0.4) is 0 Å². The van der Waals surface area contributed by atoms with Crippen molar-refractivity contribution in [3.63, 3.8) is 0 Å². The first-order valence-electron chi connectivity index (χ1n) is 8.41. The fourth-order valence-electron chi connectivity index (χ4n) is 3.30. The molecule has 3 rings (SSSR count). The predicted molar refractivity (Wildman–Crippen MR) is 104 cm³/mol. The van der Waals surface area contributed by atoms with Gasteiger partial charge < -0.3 is 15.0 Å². The van der Waals surface area contributed by atoms with Crippen molar-refractivity contribution in [2.45, 2.75) is 33.2 Å². The van der Waals surface area contributed by atoms with Gasteiger partial charge >= 0.3 is 0 Å². The number of hydrogen-bond donors (Lipinski definition) is 1. The van der Waals surface area contributed by atoms with Gasteiger partial charge in [0.2, 0.25) is 5.88 Å². The van der Waals surface area contributed by atoms with Crippen molar-refractivity contribution in [3.8, 4) is 11.8 Å². The number of benzene rings is 1.